The van der Waals surface area contributed by atoms with Crippen LogP contribution in [0.1, 0.15) is 35.0 Å². The Kier molecular flexibility index (Phi) is 7.64. The molecule has 138 valence electrons. The monoisotopic (exact) mass is 356 g/mol. The second-order valence-corrected chi connectivity index (χ2v) is 5.70. The Morgan fingerprint density at radius 2 is 2.08 bits per heavy atom. The standard InChI is InChI=1S/C20H24N2O4/c1-3-25-11-6-10-21-20(24)18(14-17-9-5-12-26-17)22-19(23)16-8-4-7-15(2)13-16/h4-5,7-9,12-14H,3,6,10-11H2,1-2H3,(H,21,24)(H,22,23)/b18-14-. The van der Waals surface area contributed by atoms with Crippen LogP contribution in [0.4, 0.5) is 0 Å². The third kappa shape index (κ3) is 6.22. The fourth-order valence-electron chi connectivity index (χ4n) is 2.27. The third-order valence-electron chi connectivity index (χ3n) is 3.56. The highest BCUT2D eigenvalue weighted by atomic mass is 16.5. The molecule has 6 nitrogen and oxygen atoms in total. The average molecular weight is 356 g/mol. The van der Waals surface area contributed by atoms with E-state index >= 15 is 0 Å². The largest absolute Gasteiger partial charge is 0.465 e. The van der Waals surface area contributed by atoms with Crippen LogP contribution in [-0.4, -0.2) is 31.6 Å². The summed E-state index contributed by atoms with van der Waals surface area (Å²) in [6, 6.07) is 10.6. The highest BCUT2D eigenvalue weighted by molar-refractivity contribution is 6.05. The number of aryl methyl sites for hydroxylation is 1. The predicted octanol–water partition coefficient (Wildman–Crippen LogP) is 2.90. The van der Waals surface area contributed by atoms with E-state index in [4.69, 9.17) is 9.15 Å². The topological polar surface area (TPSA) is 80.6 Å². The normalized spacial score (nSPS) is 11.2. The lowest BCUT2D eigenvalue weighted by Crippen LogP contribution is -2.35. The van der Waals surface area contributed by atoms with Crippen molar-refractivity contribution in [3.05, 3.63) is 65.2 Å². The van der Waals surface area contributed by atoms with Crippen LogP contribution in [0.25, 0.3) is 6.08 Å². The average Bonchev–Trinajstić information content (AvgIpc) is 3.14. The molecule has 2 rings (SSSR count). The Morgan fingerprint density at radius 1 is 1.23 bits per heavy atom. The molecule has 0 atom stereocenters. The maximum atomic E-state index is 12.5. The summed E-state index contributed by atoms with van der Waals surface area (Å²) in [5.41, 5.74) is 1.58. The van der Waals surface area contributed by atoms with Gasteiger partial charge in [0.25, 0.3) is 11.8 Å². The number of rotatable bonds is 9. The van der Waals surface area contributed by atoms with Gasteiger partial charge in [-0.15, -0.1) is 0 Å². The minimum atomic E-state index is -0.376. The van der Waals surface area contributed by atoms with Crippen LogP contribution < -0.4 is 10.6 Å². The minimum absolute atomic E-state index is 0.128. The molecule has 0 fully saturated rings. The molecule has 26 heavy (non-hydrogen) atoms. The molecule has 1 heterocycles. The van der Waals surface area contributed by atoms with Crippen LogP contribution in [0, 0.1) is 6.92 Å². The van der Waals surface area contributed by atoms with E-state index in [9.17, 15) is 9.59 Å². The summed E-state index contributed by atoms with van der Waals surface area (Å²) in [6.45, 7) is 5.49. The number of benzene rings is 1. The van der Waals surface area contributed by atoms with Crippen molar-refractivity contribution in [2.24, 2.45) is 0 Å². The van der Waals surface area contributed by atoms with Crippen LogP contribution in [-0.2, 0) is 9.53 Å². The van der Waals surface area contributed by atoms with Gasteiger partial charge in [0.1, 0.15) is 11.5 Å². The van der Waals surface area contributed by atoms with Crippen molar-refractivity contribution in [3.63, 3.8) is 0 Å². The van der Waals surface area contributed by atoms with Crippen LogP contribution in [0.5, 0.6) is 0 Å². The molecule has 0 aliphatic carbocycles. The molecule has 0 aliphatic heterocycles. The summed E-state index contributed by atoms with van der Waals surface area (Å²) in [5, 5.41) is 5.45. The first-order chi connectivity index (χ1) is 12.6. The van der Waals surface area contributed by atoms with Crippen molar-refractivity contribution in [1.29, 1.82) is 0 Å². The molecule has 1 aromatic heterocycles. The maximum Gasteiger partial charge on any atom is 0.267 e. The van der Waals surface area contributed by atoms with E-state index in [0.29, 0.717) is 37.5 Å². The van der Waals surface area contributed by atoms with E-state index in [2.05, 4.69) is 10.6 Å². The molecular weight excluding hydrogens is 332 g/mol. The summed E-state index contributed by atoms with van der Waals surface area (Å²) in [5.74, 6) is -0.246. The first kappa shape index (κ1) is 19.5. The third-order valence-corrected chi connectivity index (χ3v) is 3.56. The summed E-state index contributed by atoms with van der Waals surface area (Å²) >= 11 is 0. The van der Waals surface area contributed by atoms with Gasteiger partial charge in [0.2, 0.25) is 0 Å². The van der Waals surface area contributed by atoms with E-state index in [0.717, 1.165) is 5.56 Å². The zero-order valence-electron chi connectivity index (χ0n) is 15.1. The number of furan rings is 1. The van der Waals surface area contributed by atoms with E-state index in [1.165, 1.54) is 12.3 Å². The predicted molar refractivity (Wildman–Crippen MR) is 99.4 cm³/mol. The zero-order chi connectivity index (χ0) is 18.8. The Balaban J connectivity index is 2.06. The lowest BCUT2D eigenvalue weighted by atomic mass is 10.1. The number of carbonyl (C=O) groups excluding carboxylic acids is 2. The molecule has 2 N–H and O–H groups in total. The van der Waals surface area contributed by atoms with Gasteiger partial charge in [-0.3, -0.25) is 9.59 Å². The smallest absolute Gasteiger partial charge is 0.267 e. The van der Waals surface area contributed by atoms with Gasteiger partial charge in [-0.1, -0.05) is 17.7 Å². The number of nitrogens with one attached hydrogen (secondary N) is 2. The van der Waals surface area contributed by atoms with Crippen molar-refractivity contribution in [1.82, 2.24) is 10.6 Å². The van der Waals surface area contributed by atoms with Crippen LogP contribution >= 0.6 is 0 Å². The lowest BCUT2D eigenvalue weighted by Gasteiger charge is -2.11. The number of hydrogen-bond acceptors (Lipinski definition) is 4. The molecule has 0 spiro atoms. The maximum absolute atomic E-state index is 12.5. The molecule has 0 saturated carbocycles. The number of carbonyl (C=O) groups is 2. The van der Waals surface area contributed by atoms with Crippen LogP contribution in [0.15, 0.2) is 52.8 Å². The van der Waals surface area contributed by atoms with Gasteiger partial charge in [-0.05, 0) is 44.5 Å². The molecular formula is C20H24N2O4. The Bertz CT molecular complexity index is 751. The first-order valence-electron chi connectivity index (χ1n) is 8.59. The molecule has 1 aromatic carbocycles. The van der Waals surface area contributed by atoms with Crippen molar-refractivity contribution >= 4 is 17.9 Å². The van der Waals surface area contributed by atoms with Crippen LogP contribution in [0.2, 0.25) is 0 Å². The molecule has 2 amide bonds. The Hall–Kier alpha value is -2.86. The molecule has 0 saturated heterocycles. The highest BCUT2D eigenvalue weighted by Gasteiger charge is 2.15. The quantitative estimate of drug-likeness (QED) is 0.535. The van der Waals surface area contributed by atoms with E-state index < -0.39 is 0 Å². The molecule has 2 aromatic rings. The van der Waals surface area contributed by atoms with Crippen molar-refractivity contribution in [3.8, 4) is 0 Å². The summed E-state index contributed by atoms with van der Waals surface area (Å²) in [4.78, 5) is 24.9. The Labute approximate surface area is 153 Å². The summed E-state index contributed by atoms with van der Waals surface area (Å²) in [6.07, 6.45) is 3.71. The molecule has 0 bridgehead atoms. The van der Waals surface area contributed by atoms with Crippen LogP contribution in [0.3, 0.4) is 0 Å². The Morgan fingerprint density at radius 3 is 2.77 bits per heavy atom. The number of amides is 2. The van der Waals surface area contributed by atoms with Gasteiger partial charge < -0.3 is 19.8 Å². The zero-order valence-corrected chi connectivity index (χ0v) is 15.1. The van der Waals surface area contributed by atoms with Gasteiger partial charge in [-0.2, -0.15) is 0 Å². The van der Waals surface area contributed by atoms with Gasteiger partial charge in [-0.25, -0.2) is 0 Å². The van der Waals surface area contributed by atoms with Crippen molar-refractivity contribution in [2.75, 3.05) is 19.8 Å². The molecule has 0 unspecified atom stereocenters. The fourth-order valence-corrected chi connectivity index (χ4v) is 2.27. The van der Waals surface area contributed by atoms with Crippen molar-refractivity contribution < 1.29 is 18.7 Å². The first-order valence-corrected chi connectivity index (χ1v) is 8.59. The van der Waals surface area contributed by atoms with E-state index in [1.54, 1.807) is 30.3 Å². The van der Waals surface area contributed by atoms with Gasteiger partial charge in [0, 0.05) is 31.4 Å². The fraction of sp³-hybridized carbons (Fsp3) is 0.300. The summed E-state index contributed by atoms with van der Waals surface area (Å²) < 4.78 is 10.5. The SMILES string of the molecule is CCOCCCNC(=O)/C(=C/c1ccco1)NC(=O)c1cccc(C)c1. The summed E-state index contributed by atoms with van der Waals surface area (Å²) in [7, 11) is 0. The van der Waals surface area contributed by atoms with E-state index in [1.807, 2.05) is 19.9 Å². The van der Waals surface area contributed by atoms with E-state index in [-0.39, 0.29) is 17.5 Å². The lowest BCUT2D eigenvalue weighted by molar-refractivity contribution is -0.117. The molecule has 0 aliphatic rings. The number of hydrogen-bond donors (Lipinski definition) is 2. The highest BCUT2D eigenvalue weighted by Crippen LogP contribution is 2.09. The second kappa shape index (κ2) is 10.2. The van der Waals surface area contributed by atoms with Gasteiger partial charge in [0.15, 0.2) is 0 Å². The van der Waals surface area contributed by atoms with Gasteiger partial charge >= 0.3 is 0 Å². The minimum Gasteiger partial charge on any atom is -0.465 e. The number of ether oxygens (including phenoxy) is 1. The second-order valence-electron chi connectivity index (χ2n) is 5.70. The molecule has 6 heteroatoms. The van der Waals surface area contributed by atoms with Crippen molar-refractivity contribution in [2.45, 2.75) is 20.3 Å². The van der Waals surface area contributed by atoms with Gasteiger partial charge in [0.05, 0.1) is 6.26 Å². The molecule has 0 radical (unpaired) electrons.